The second-order valence-corrected chi connectivity index (χ2v) is 11.3. The summed E-state index contributed by atoms with van der Waals surface area (Å²) >= 11 is 0. The van der Waals surface area contributed by atoms with Crippen molar-refractivity contribution < 1.29 is 45.0 Å². The Morgan fingerprint density at radius 1 is 0.979 bits per heavy atom. The molecule has 5 rings (SSSR count). The number of benzene rings is 2. The minimum absolute atomic E-state index is 0.117. The maximum absolute atomic E-state index is 13.1. The van der Waals surface area contributed by atoms with Gasteiger partial charge in [-0.1, -0.05) is 25.5 Å². The van der Waals surface area contributed by atoms with Crippen molar-refractivity contribution >= 4 is 17.3 Å². The summed E-state index contributed by atoms with van der Waals surface area (Å²) < 4.78 is 6.72. The molecule has 0 unspecified atom stereocenters. The average molecular weight is 653 g/mol. The van der Waals surface area contributed by atoms with E-state index in [1.165, 1.54) is 40.4 Å². The van der Waals surface area contributed by atoms with Crippen molar-refractivity contribution in [2.24, 2.45) is 10.2 Å². The first-order valence-electron chi connectivity index (χ1n) is 15.3. The summed E-state index contributed by atoms with van der Waals surface area (Å²) in [5, 5.41) is 76.0. The van der Waals surface area contributed by atoms with Crippen LogP contribution in [0.3, 0.4) is 0 Å². The molecule has 0 saturated carbocycles. The number of carboxylic acids is 1. The van der Waals surface area contributed by atoms with Gasteiger partial charge in [-0.3, -0.25) is 9.89 Å². The van der Waals surface area contributed by atoms with Crippen molar-refractivity contribution in [1.29, 1.82) is 0 Å². The third-order valence-electron chi connectivity index (χ3n) is 7.90. The third kappa shape index (κ3) is 8.22. The summed E-state index contributed by atoms with van der Waals surface area (Å²) in [6.45, 7) is 2.92. The topological polar surface area (TPSA) is 234 Å². The fraction of sp³-hybridized carbons (Fsp3) is 0.394. The molecule has 1 aliphatic rings. The number of aromatic hydroxyl groups is 1. The smallest absolute Gasteiger partial charge is 0.371 e. The molecule has 14 heteroatoms. The van der Waals surface area contributed by atoms with Gasteiger partial charge in [-0.25, -0.2) is 9.48 Å². The summed E-state index contributed by atoms with van der Waals surface area (Å²) in [7, 11) is 0. The molecule has 0 fully saturated rings. The number of fused-ring (bicyclic) bond motifs is 1. The molecule has 2 aromatic carbocycles. The predicted octanol–water partition coefficient (Wildman–Crippen LogP) is 3.65. The van der Waals surface area contributed by atoms with Crippen LogP contribution in [0.5, 0.6) is 5.75 Å². The Hall–Kier alpha value is -4.60. The Balaban J connectivity index is 0.000000328. The minimum atomic E-state index is -1.51. The molecule has 1 aliphatic carbocycles. The lowest BCUT2D eigenvalue weighted by Gasteiger charge is -2.25. The molecule has 0 bridgehead atoms. The minimum Gasteiger partial charge on any atom is -0.505 e. The highest BCUT2D eigenvalue weighted by Gasteiger charge is 2.29. The molecule has 252 valence electrons. The van der Waals surface area contributed by atoms with Crippen LogP contribution in [0.15, 0.2) is 68.0 Å². The van der Waals surface area contributed by atoms with E-state index in [2.05, 4.69) is 21.4 Å². The van der Waals surface area contributed by atoms with Crippen molar-refractivity contribution in [3.8, 4) is 22.8 Å². The molecule has 4 aromatic rings. The number of nitrogens with one attached hydrogen (secondary N) is 1. The number of aromatic amines is 1. The number of hydrogen-bond acceptors (Lipinski definition) is 11. The van der Waals surface area contributed by atoms with Gasteiger partial charge < -0.3 is 40.2 Å². The van der Waals surface area contributed by atoms with E-state index in [4.69, 9.17) is 24.8 Å². The van der Waals surface area contributed by atoms with Gasteiger partial charge in [-0.15, -0.1) is 10.2 Å². The van der Waals surface area contributed by atoms with Crippen molar-refractivity contribution in [1.82, 2.24) is 9.78 Å². The number of H-pyrrole nitrogens is 1. The molecule has 47 heavy (non-hydrogen) atoms. The van der Waals surface area contributed by atoms with Gasteiger partial charge in [0.2, 0.25) is 5.76 Å². The number of para-hydroxylation sites is 1. The Morgan fingerprint density at radius 2 is 1.68 bits per heavy atom. The number of aryl methyl sites for hydroxylation is 3. The second-order valence-electron chi connectivity index (χ2n) is 11.3. The number of aliphatic hydroxyl groups excluding tert-OH is 5. The zero-order valence-corrected chi connectivity index (χ0v) is 26.1. The molecular formula is C33H40N4O10. The van der Waals surface area contributed by atoms with Gasteiger partial charge in [-0.2, -0.15) is 0 Å². The normalized spacial score (nSPS) is 15.4. The van der Waals surface area contributed by atoms with Crippen molar-refractivity contribution in [3.05, 3.63) is 81.5 Å². The molecule has 4 atom stereocenters. The summed E-state index contributed by atoms with van der Waals surface area (Å²) in [6.07, 6.45) is 0.00234. The zero-order valence-electron chi connectivity index (χ0n) is 26.1. The number of aliphatic hydroxyl groups is 5. The predicted molar refractivity (Wildman–Crippen MR) is 171 cm³/mol. The van der Waals surface area contributed by atoms with E-state index >= 15 is 0 Å². The van der Waals surface area contributed by atoms with Gasteiger partial charge in [0, 0.05) is 0 Å². The fourth-order valence-electron chi connectivity index (χ4n) is 5.24. The first kappa shape index (κ1) is 35.3. The molecule has 0 saturated heterocycles. The van der Waals surface area contributed by atoms with Crippen molar-refractivity contribution in [2.45, 2.75) is 76.8 Å². The number of rotatable bonds is 11. The van der Waals surface area contributed by atoms with Crippen LogP contribution in [-0.4, -0.2) is 82.5 Å². The third-order valence-corrected chi connectivity index (χ3v) is 7.90. The SMILES string of the molecule is CCC[C@H](O)[C@@H](O)[C@H](O)[C@H](O)CO.Cc1[nH]n(-c2ccc3c(c2)CCCC3)c(=O)c1N=Nc1cccc(-c2ccc(C(=O)O)o2)c1O. The number of phenolic OH excluding ortho intramolecular Hbond substituents is 1. The van der Waals surface area contributed by atoms with Crippen LogP contribution in [-0.2, 0) is 12.8 Å². The van der Waals surface area contributed by atoms with Gasteiger partial charge >= 0.3 is 5.97 Å². The molecule has 0 aliphatic heterocycles. The van der Waals surface area contributed by atoms with E-state index in [9.17, 15) is 24.9 Å². The van der Waals surface area contributed by atoms with Crippen LogP contribution >= 0.6 is 0 Å². The van der Waals surface area contributed by atoms with Crippen molar-refractivity contribution in [2.75, 3.05) is 6.61 Å². The van der Waals surface area contributed by atoms with Gasteiger partial charge in [0.05, 0.1) is 29.7 Å². The van der Waals surface area contributed by atoms with E-state index in [-0.39, 0.29) is 39.8 Å². The highest BCUT2D eigenvalue weighted by atomic mass is 16.4. The molecule has 0 spiro atoms. The van der Waals surface area contributed by atoms with E-state index in [0.717, 1.165) is 24.9 Å². The number of hydrogen-bond donors (Lipinski definition) is 8. The monoisotopic (exact) mass is 652 g/mol. The molecule has 8 N–H and O–H groups in total. The lowest BCUT2D eigenvalue weighted by molar-refractivity contribution is -0.116. The van der Waals surface area contributed by atoms with Crippen molar-refractivity contribution in [3.63, 3.8) is 0 Å². The molecular weight excluding hydrogens is 612 g/mol. The van der Waals surface area contributed by atoms with E-state index < -0.39 is 37.0 Å². The first-order chi connectivity index (χ1) is 22.5. The number of phenols is 1. The van der Waals surface area contributed by atoms with Gasteiger partial charge in [-0.05, 0) is 86.6 Å². The van der Waals surface area contributed by atoms with Gasteiger partial charge in [0.1, 0.15) is 29.8 Å². The zero-order chi connectivity index (χ0) is 34.2. The highest BCUT2D eigenvalue weighted by molar-refractivity contribution is 5.85. The summed E-state index contributed by atoms with van der Waals surface area (Å²) in [5.74, 6) is -1.51. The fourth-order valence-corrected chi connectivity index (χ4v) is 5.24. The Kier molecular flexibility index (Phi) is 11.9. The van der Waals surface area contributed by atoms with Gasteiger partial charge in [0.15, 0.2) is 11.4 Å². The number of carbonyl (C=O) groups is 1. The van der Waals surface area contributed by atoms with Gasteiger partial charge in [0.25, 0.3) is 5.56 Å². The summed E-state index contributed by atoms with van der Waals surface area (Å²) in [4.78, 5) is 24.1. The quantitative estimate of drug-likeness (QED) is 0.110. The van der Waals surface area contributed by atoms with Crippen LogP contribution in [0.1, 0.15) is 60.0 Å². The average Bonchev–Trinajstić information content (AvgIpc) is 3.68. The molecule has 0 radical (unpaired) electrons. The second kappa shape index (κ2) is 15.8. The van der Waals surface area contributed by atoms with E-state index in [0.29, 0.717) is 18.5 Å². The first-order valence-corrected chi connectivity index (χ1v) is 15.3. The standard InChI is InChI=1S/C25H22N4O5.C8H18O5/c1-14-22(24(31)29(28-14)17-10-9-15-5-2-3-6-16(15)13-17)27-26-19-8-4-7-18(23(19)30)20-11-12-21(34-20)25(32)33;1-2-3-5(10)7(12)8(13)6(11)4-9/h4,7-13,28,30H,2-3,5-6H2,1H3,(H,32,33);5-13H,2-4H2,1H3/t;5-,6+,7+,8+/m.0/s1. The lowest BCUT2D eigenvalue weighted by Crippen LogP contribution is -2.45. The molecule has 0 amide bonds. The highest BCUT2D eigenvalue weighted by Crippen LogP contribution is 2.38. The number of aromatic carboxylic acids is 1. The van der Waals surface area contributed by atoms with Crippen LogP contribution in [0.25, 0.3) is 17.0 Å². The largest absolute Gasteiger partial charge is 0.505 e. The van der Waals surface area contributed by atoms with Crippen LogP contribution in [0, 0.1) is 6.92 Å². The summed E-state index contributed by atoms with van der Waals surface area (Å²) in [6, 6.07) is 13.5. The number of carboxylic acid groups (broad SMARTS) is 1. The number of furan rings is 1. The molecule has 14 nitrogen and oxygen atoms in total. The Labute approximate surface area is 269 Å². The van der Waals surface area contributed by atoms with Crippen LogP contribution in [0.4, 0.5) is 11.4 Å². The number of nitrogens with zero attached hydrogens (tertiary/aromatic N) is 3. The molecule has 2 heterocycles. The van der Waals surface area contributed by atoms with Crippen LogP contribution < -0.4 is 5.56 Å². The molecule has 2 aromatic heterocycles. The Morgan fingerprint density at radius 3 is 2.34 bits per heavy atom. The Bertz CT molecular complexity index is 1760. The van der Waals surface area contributed by atoms with E-state index in [1.807, 2.05) is 19.1 Å². The number of azo groups is 1. The van der Waals surface area contributed by atoms with E-state index in [1.54, 1.807) is 19.1 Å². The maximum Gasteiger partial charge on any atom is 0.371 e. The lowest BCUT2D eigenvalue weighted by atomic mass is 9.91. The number of aromatic nitrogens is 2. The summed E-state index contributed by atoms with van der Waals surface area (Å²) in [5.41, 5.74) is 4.04. The maximum atomic E-state index is 13.1. The van der Waals surface area contributed by atoms with Crippen LogP contribution in [0.2, 0.25) is 0 Å².